The number of carbonyl (C=O) groups is 2. The van der Waals surface area contributed by atoms with Gasteiger partial charge in [0.15, 0.2) is 0 Å². The summed E-state index contributed by atoms with van der Waals surface area (Å²) in [6, 6.07) is 0.354. The van der Waals surface area contributed by atoms with Gasteiger partial charge in [-0.15, -0.1) is 0 Å². The minimum absolute atomic E-state index is 0.107. The van der Waals surface area contributed by atoms with E-state index in [1.807, 2.05) is 4.90 Å². The third-order valence-corrected chi connectivity index (χ3v) is 3.87. The molecule has 1 aliphatic heterocycles. The Labute approximate surface area is 108 Å². The number of aliphatic hydroxyl groups excluding tert-OH is 1. The fourth-order valence-electron chi connectivity index (χ4n) is 2.87. The monoisotopic (exact) mass is 254 g/mol. The average molecular weight is 254 g/mol. The molecule has 1 unspecified atom stereocenters. The molecule has 102 valence electrons. The highest BCUT2D eigenvalue weighted by molar-refractivity contribution is 5.89. The van der Waals surface area contributed by atoms with Crippen molar-refractivity contribution in [1.29, 1.82) is 0 Å². The SMILES string of the molecule is C[C@@H](O)CNC(=O)C1CC(=O)N(C2CCCC2)C1. The summed E-state index contributed by atoms with van der Waals surface area (Å²) in [7, 11) is 0. The molecule has 0 spiro atoms. The molecule has 0 bridgehead atoms. The van der Waals surface area contributed by atoms with Crippen molar-refractivity contribution >= 4 is 11.8 Å². The fraction of sp³-hybridized carbons (Fsp3) is 0.846. The Kier molecular flexibility index (Phi) is 4.22. The average Bonchev–Trinajstić information content (AvgIpc) is 2.94. The summed E-state index contributed by atoms with van der Waals surface area (Å²) in [5.41, 5.74) is 0. The van der Waals surface area contributed by atoms with Crippen LogP contribution in [0.25, 0.3) is 0 Å². The van der Waals surface area contributed by atoms with Crippen LogP contribution in [0.5, 0.6) is 0 Å². The lowest BCUT2D eigenvalue weighted by molar-refractivity contribution is -0.130. The summed E-state index contributed by atoms with van der Waals surface area (Å²) in [4.78, 5) is 25.7. The van der Waals surface area contributed by atoms with Gasteiger partial charge in [0.2, 0.25) is 11.8 Å². The third kappa shape index (κ3) is 3.02. The third-order valence-electron chi connectivity index (χ3n) is 3.87. The molecule has 5 nitrogen and oxygen atoms in total. The van der Waals surface area contributed by atoms with Crippen LogP contribution in [-0.2, 0) is 9.59 Å². The highest BCUT2D eigenvalue weighted by atomic mass is 16.3. The van der Waals surface area contributed by atoms with Gasteiger partial charge in [0.1, 0.15) is 0 Å². The second-order valence-electron chi connectivity index (χ2n) is 5.48. The minimum atomic E-state index is -0.544. The summed E-state index contributed by atoms with van der Waals surface area (Å²) in [5, 5.41) is 11.8. The Balaban J connectivity index is 1.85. The van der Waals surface area contributed by atoms with Gasteiger partial charge in [-0.2, -0.15) is 0 Å². The van der Waals surface area contributed by atoms with Crippen LogP contribution in [0.3, 0.4) is 0 Å². The molecular formula is C13H22N2O3. The maximum Gasteiger partial charge on any atom is 0.225 e. The number of nitrogens with one attached hydrogen (secondary N) is 1. The zero-order valence-electron chi connectivity index (χ0n) is 10.9. The van der Waals surface area contributed by atoms with Gasteiger partial charge in [0.25, 0.3) is 0 Å². The van der Waals surface area contributed by atoms with Crippen LogP contribution in [0.15, 0.2) is 0 Å². The van der Waals surface area contributed by atoms with Gasteiger partial charge in [-0.25, -0.2) is 0 Å². The van der Waals surface area contributed by atoms with Crippen molar-refractivity contribution in [2.75, 3.05) is 13.1 Å². The lowest BCUT2D eigenvalue weighted by Gasteiger charge is -2.23. The van der Waals surface area contributed by atoms with E-state index in [0.717, 1.165) is 12.8 Å². The van der Waals surface area contributed by atoms with E-state index in [-0.39, 0.29) is 24.3 Å². The molecule has 1 heterocycles. The molecule has 0 aromatic heterocycles. The first-order valence-corrected chi connectivity index (χ1v) is 6.83. The van der Waals surface area contributed by atoms with Crippen LogP contribution < -0.4 is 5.32 Å². The van der Waals surface area contributed by atoms with Crippen molar-refractivity contribution in [3.63, 3.8) is 0 Å². The molecule has 5 heteroatoms. The predicted molar refractivity (Wildman–Crippen MR) is 66.8 cm³/mol. The molecular weight excluding hydrogens is 232 g/mol. The molecule has 0 radical (unpaired) electrons. The Morgan fingerprint density at radius 3 is 2.78 bits per heavy atom. The number of rotatable bonds is 4. The quantitative estimate of drug-likeness (QED) is 0.757. The summed E-state index contributed by atoms with van der Waals surface area (Å²) in [5.74, 6) is -0.235. The van der Waals surface area contributed by atoms with Crippen LogP contribution in [0, 0.1) is 5.92 Å². The molecule has 2 atom stereocenters. The van der Waals surface area contributed by atoms with Gasteiger partial charge >= 0.3 is 0 Å². The molecule has 2 amide bonds. The Morgan fingerprint density at radius 1 is 1.50 bits per heavy atom. The number of carbonyl (C=O) groups excluding carboxylic acids is 2. The summed E-state index contributed by atoms with van der Waals surface area (Å²) in [6.45, 7) is 2.44. The standard InChI is InChI=1S/C13H22N2O3/c1-9(16)7-14-13(18)10-6-12(17)15(8-10)11-4-2-3-5-11/h9-11,16H,2-8H2,1H3,(H,14,18)/t9-,10?/m1/s1. The first-order chi connectivity index (χ1) is 8.58. The van der Waals surface area contributed by atoms with E-state index >= 15 is 0 Å². The topological polar surface area (TPSA) is 69.6 Å². The number of likely N-dealkylation sites (tertiary alicyclic amines) is 1. The van der Waals surface area contributed by atoms with E-state index in [0.29, 0.717) is 19.0 Å². The number of amides is 2. The number of hydrogen-bond donors (Lipinski definition) is 2. The number of nitrogens with zero attached hydrogens (tertiary/aromatic N) is 1. The van der Waals surface area contributed by atoms with Gasteiger partial charge in [0.05, 0.1) is 12.0 Å². The van der Waals surface area contributed by atoms with Gasteiger partial charge in [0, 0.05) is 25.6 Å². The van der Waals surface area contributed by atoms with Crippen molar-refractivity contribution in [2.45, 2.75) is 51.2 Å². The first-order valence-electron chi connectivity index (χ1n) is 6.83. The predicted octanol–water partition coefficient (Wildman–Crippen LogP) is 0.274. The van der Waals surface area contributed by atoms with E-state index in [2.05, 4.69) is 5.32 Å². The van der Waals surface area contributed by atoms with Crippen LogP contribution in [0.1, 0.15) is 39.0 Å². The van der Waals surface area contributed by atoms with E-state index in [4.69, 9.17) is 5.11 Å². The van der Waals surface area contributed by atoms with Gasteiger partial charge in [-0.1, -0.05) is 12.8 Å². The Morgan fingerprint density at radius 2 is 2.17 bits per heavy atom. The van der Waals surface area contributed by atoms with Crippen molar-refractivity contribution in [3.8, 4) is 0 Å². The summed E-state index contributed by atoms with van der Waals surface area (Å²) < 4.78 is 0. The second-order valence-corrected chi connectivity index (χ2v) is 5.48. The highest BCUT2D eigenvalue weighted by Crippen LogP contribution is 2.29. The largest absolute Gasteiger partial charge is 0.392 e. The van der Waals surface area contributed by atoms with Crippen LogP contribution in [0.4, 0.5) is 0 Å². The molecule has 2 rings (SSSR count). The molecule has 18 heavy (non-hydrogen) atoms. The zero-order chi connectivity index (χ0) is 13.1. The normalized spacial score (nSPS) is 26.7. The van der Waals surface area contributed by atoms with Gasteiger partial charge in [-0.05, 0) is 19.8 Å². The van der Waals surface area contributed by atoms with Gasteiger partial charge < -0.3 is 15.3 Å². The molecule has 2 fully saturated rings. The molecule has 0 aromatic carbocycles. The fourth-order valence-corrected chi connectivity index (χ4v) is 2.87. The summed E-state index contributed by atoms with van der Waals surface area (Å²) >= 11 is 0. The molecule has 1 aliphatic carbocycles. The maximum atomic E-state index is 11.9. The Hall–Kier alpha value is -1.10. The van der Waals surface area contributed by atoms with E-state index in [1.165, 1.54) is 12.8 Å². The second kappa shape index (κ2) is 5.69. The summed E-state index contributed by atoms with van der Waals surface area (Å²) in [6.07, 6.45) is 4.31. The Bertz CT molecular complexity index is 324. The van der Waals surface area contributed by atoms with Crippen LogP contribution in [0.2, 0.25) is 0 Å². The highest BCUT2D eigenvalue weighted by Gasteiger charge is 2.38. The lowest BCUT2D eigenvalue weighted by Crippen LogP contribution is -2.38. The molecule has 1 saturated carbocycles. The smallest absolute Gasteiger partial charge is 0.225 e. The van der Waals surface area contributed by atoms with E-state index in [1.54, 1.807) is 6.92 Å². The minimum Gasteiger partial charge on any atom is -0.392 e. The van der Waals surface area contributed by atoms with Gasteiger partial charge in [-0.3, -0.25) is 9.59 Å². The van der Waals surface area contributed by atoms with Crippen molar-refractivity contribution in [3.05, 3.63) is 0 Å². The van der Waals surface area contributed by atoms with Crippen LogP contribution >= 0.6 is 0 Å². The number of aliphatic hydroxyl groups is 1. The van der Waals surface area contributed by atoms with Crippen molar-refractivity contribution < 1.29 is 14.7 Å². The molecule has 1 saturated heterocycles. The van der Waals surface area contributed by atoms with Crippen molar-refractivity contribution in [2.24, 2.45) is 5.92 Å². The molecule has 0 aromatic rings. The molecule has 2 N–H and O–H groups in total. The van der Waals surface area contributed by atoms with Crippen LogP contribution in [-0.4, -0.2) is 47.1 Å². The maximum absolute atomic E-state index is 11.9. The lowest BCUT2D eigenvalue weighted by atomic mass is 10.1. The zero-order valence-corrected chi connectivity index (χ0v) is 10.9. The first kappa shape index (κ1) is 13.3. The van der Waals surface area contributed by atoms with E-state index < -0.39 is 6.10 Å². The van der Waals surface area contributed by atoms with Crippen molar-refractivity contribution in [1.82, 2.24) is 10.2 Å². The van der Waals surface area contributed by atoms with E-state index in [9.17, 15) is 9.59 Å². The molecule has 2 aliphatic rings. The number of hydrogen-bond acceptors (Lipinski definition) is 3.